The lowest BCUT2D eigenvalue weighted by Gasteiger charge is -2.36. The van der Waals surface area contributed by atoms with Crippen molar-refractivity contribution in [3.05, 3.63) is 59.9 Å². The molecule has 1 aliphatic rings. The molecule has 0 radical (unpaired) electrons. The second-order valence-electron chi connectivity index (χ2n) is 8.60. The third-order valence-electron chi connectivity index (χ3n) is 6.38. The minimum Gasteiger partial charge on any atom is -0.358 e. The van der Waals surface area contributed by atoms with Crippen LogP contribution in [-0.4, -0.2) is 44.4 Å². The fraction of sp³-hybridized carbons (Fsp3) is 0.348. The first-order valence-corrected chi connectivity index (χ1v) is 10.9. The van der Waals surface area contributed by atoms with Crippen molar-refractivity contribution in [2.24, 2.45) is 0 Å². The third-order valence-corrected chi connectivity index (χ3v) is 6.38. The average Bonchev–Trinajstić information content (AvgIpc) is 3.43. The number of alkyl halides is 3. The van der Waals surface area contributed by atoms with Crippen LogP contribution in [0.4, 0.5) is 23.4 Å². The van der Waals surface area contributed by atoms with Crippen molar-refractivity contribution in [3.63, 3.8) is 0 Å². The number of carbonyl (C=O) groups is 1. The molecule has 0 spiro atoms. The van der Waals surface area contributed by atoms with Crippen LogP contribution in [0.2, 0.25) is 0 Å². The average molecular weight is 474 g/mol. The first-order chi connectivity index (χ1) is 16.2. The molecule has 4 heterocycles. The molecule has 0 aliphatic heterocycles. The van der Waals surface area contributed by atoms with Crippen LogP contribution in [0.5, 0.6) is 0 Å². The summed E-state index contributed by atoms with van der Waals surface area (Å²) < 4.78 is 54.2. The Labute approximate surface area is 191 Å². The number of hydrogen-bond acceptors (Lipinski definition) is 4. The van der Waals surface area contributed by atoms with Crippen molar-refractivity contribution in [3.8, 4) is 0 Å². The number of nitrogens with zero attached hydrogens (tertiary/aromatic N) is 4. The van der Waals surface area contributed by atoms with Crippen molar-refractivity contribution in [2.75, 3.05) is 11.9 Å². The van der Waals surface area contributed by atoms with Gasteiger partial charge in [0.25, 0.3) is 5.91 Å². The van der Waals surface area contributed by atoms with Crippen LogP contribution in [0, 0.1) is 5.82 Å². The van der Waals surface area contributed by atoms with E-state index in [-0.39, 0.29) is 23.6 Å². The first-order valence-electron chi connectivity index (χ1n) is 10.9. The van der Waals surface area contributed by atoms with Crippen LogP contribution in [0.1, 0.15) is 41.9 Å². The summed E-state index contributed by atoms with van der Waals surface area (Å²) in [4.78, 5) is 25.2. The van der Waals surface area contributed by atoms with Gasteiger partial charge in [0, 0.05) is 30.7 Å². The van der Waals surface area contributed by atoms with Gasteiger partial charge in [-0.1, -0.05) is 6.07 Å². The zero-order valence-electron chi connectivity index (χ0n) is 18.2. The van der Waals surface area contributed by atoms with Crippen LogP contribution >= 0.6 is 0 Å². The van der Waals surface area contributed by atoms with E-state index in [0.717, 1.165) is 38.1 Å². The maximum absolute atomic E-state index is 13.3. The number of aromatic nitrogens is 4. The summed E-state index contributed by atoms with van der Waals surface area (Å²) in [6.45, 7) is 0. The Kier molecular flexibility index (Phi) is 5.41. The van der Waals surface area contributed by atoms with Gasteiger partial charge in [0.15, 0.2) is 5.69 Å². The Morgan fingerprint density at radius 3 is 2.71 bits per heavy atom. The number of amides is 1. The fourth-order valence-corrected chi connectivity index (χ4v) is 4.59. The van der Waals surface area contributed by atoms with Crippen molar-refractivity contribution in [1.82, 2.24) is 24.7 Å². The molecular formula is C23H22F4N6O. The third kappa shape index (κ3) is 4.17. The molecule has 2 N–H and O–H groups in total. The number of anilines is 1. The van der Waals surface area contributed by atoms with Crippen molar-refractivity contribution >= 4 is 28.4 Å². The lowest BCUT2D eigenvalue weighted by molar-refractivity contribution is -0.140. The standard InChI is InChI=1S/C23H22F4N6O/c1-32(20-4-2-3-19-31-18(12-33(19)20)23(25,26)27)16-7-5-15(6-8-16)29-22(34)17-10-13-9-14(24)11-28-21(13)30-17/h2-4,9-12,15-16H,5-8H2,1H3,(H,28,30)(H,29,34)/t15-,16+. The topological polar surface area (TPSA) is 78.3 Å². The van der Waals surface area contributed by atoms with Gasteiger partial charge in [-0.2, -0.15) is 13.2 Å². The summed E-state index contributed by atoms with van der Waals surface area (Å²) >= 11 is 0. The highest BCUT2D eigenvalue weighted by atomic mass is 19.4. The van der Waals surface area contributed by atoms with E-state index in [1.807, 2.05) is 11.9 Å². The lowest BCUT2D eigenvalue weighted by Crippen LogP contribution is -2.43. The molecule has 0 atom stereocenters. The van der Waals surface area contributed by atoms with Crippen LogP contribution in [-0.2, 0) is 6.18 Å². The van der Waals surface area contributed by atoms with E-state index in [9.17, 15) is 22.4 Å². The minimum absolute atomic E-state index is 0.0332. The number of rotatable bonds is 4. The molecule has 1 fully saturated rings. The molecule has 7 nitrogen and oxygen atoms in total. The fourth-order valence-electron chi connectivity index (χ4n) is 4.59. The number of H-pyrrole nitrogens is 1. The number of aromatic amines is 1. The van der Waals surface area contributed by atoms with Crippen LogP contribution < -0.4 is 10.2 Å². The quantitative estimate of drug-likeness (QED) is 0.426. The van der Waals surface area contributed by atoms with Gasteiger partial charge >= 0.3 is 6.18 Å². The number of carbonyl (C=O) groups excluding carboxylic acids is 1. The summed E-state index contributed by atoms with van der Waals surface area (Å²) in [6, 6.07) is 7.98. The Morgan fingerprint density at radius 2 is 1.97 bits per heavy atom. The summed E-state index contributed by atoms with van der Waals surface area (Å²) in [5.41, 5.74) is 0.0823. The molecule has 0 bridgehead atoms. The zero-order valence-corrected chi connectivity index (χ0v) is 18.2. The summed E-state index contributed by atoms with van der Waals surface area (Å²) in [6.07, 6.45) is 0.577. The molecule has 0 unspecified atom stereocenters. The zero-order chi connectivity index (χ0) is 24.0. The highest BCUT2D eigenvalue weighted by Crippen LogP contribution is 2.32. The van der Waals surface area contributed by atoms with E-state index < -0.39 is 17.7 Å². The molecular weight excluding hydrogens is 452 g/mol. The molecule has 1 amide bonds. The van der Waals surface area contributed by atoms with Gasteiger partial charge in [-0.15, -0.1) is 0 Å². The number of fused-ring (bicyclic) bond motifs is 2. The highest BCUT2D eigenvalue weighted by molar-refractivity contribution is 5.97. The molecule has 34 heavy (non-hydrogen) atoms. The van der Waals surface area contributed by atoms with Gasteiger partial charge in [0.05, 0.1) is 6.20 Å². The number of nitrogens with one attached hydrogen (secondary N) is 2. The first kappa shape index (κ1) is 22.2. The van der Waals surface area contributed by atoms with Crippen LogP contribution in [0.25, 0.3) is 16.7 Å². The van der Waals surface area contributed by atoms with Gasteiger partial charge in [-0.25, -0.2) is 14.4 Å². The van der Waals surface area contributed by atoms with Gasteiger partial charge in [-0.3, -0.25) is 9.20 Å². The maximum Gasteiger partial charge on any atom is 0.434 e. The molecule has 11 heteroatoms. The normalized spacial score (nSPS) is 19.0. The summed E-state index contributed by atoms with van der Waals surface area (Å²) in [5.74, 6) is -0.120. The Morgan fingerprint density at radius 1 is 1.21 bits per heavy atom. The van der Waals surface area contributed by atoms with E-state index in [1.54, 1.807) is 24.3 Å². The van der Waals surface area contributed by atoms with Gasteiger partial charge in [-0.05, 0) is 49.9 Å². The second kappa shape index (κ2) is 8.30. The van der Waals surface area contributed by atoms with E-state index in [0.29, 0.717) is 22.5 Å². The summed E-state index contributed by atoms with van der Waals surface area (Å²) in [7, 11) is 1.86. The Bertz CT molecular complexity index is 1350. The number of pyridine rings is 2. The SMILES string of the molecule is CN(c1cccc2nc(C(F)(F)F)cn12)[C@H]1CC[C@@H](NC(=O)c2cc3cc(F)cnc3[nH]2)CC1. The van der Waals surface area contributed by atoms with Crippen molar-refractivity contribution < 1.29 is 22.4 Å². The molecule has 5 rings (SSSR count). The lowest BCUT2D eigenvalue weighted by atomic mass is 9.90. The number of hydrogen-bond donors (Lipinski definition) is 2. The molecule has 4 aromatic heterocycles. The molecule has 0 saturated heterocycles. The van der Waals surface area contributed by atoms with Crippen molar-refractivity contribution in [2.45, 2.75) is 43.9 Å². The van der Waals surface area contributed by atoms with E-state index in [4.69, 9.17) is 0 Å². The molecule has 0 aromatic carbocycles. The van der Waals surface area contributed by atoms with Crippen LogP contribution in [0.15, 0.2) is 42.7 Å². The Hall–Kier alpha value is -3.63. The Balaban J connectivity index is 1.24. The van der Waals surface area contributed by atoms with E-state index >= 15 is 0 Å². The molecule has 4 aromatic rings. The predicted octanol–water partition coefficient (Wildman–Crippen LogP) is 4.55. The minimum atomic E-state index is -4.51. The molecule has 178 valence electrons. The number of imidazole rings is 1. The van der Waals surface area contributed by atoms with Gasteiger partial charge in [0.1, 0.15) is 28.6 Å². The smallest absolute Gasteiger partial charge is 0.358 e. The monoisotopic (exact) mass is 474 g/mol. The summed E-state index contributed by atoms with van der Waals surface area (Å²) in [5, 5.41) is 3.53. The largest absolute Gasteiger partial charge is 0.434 e. The number of halogens is 4. The molecule has 1 saturated carbocycles. The predicted molar refractivity (Wildman–Crippen MR) is 118 cm³/mol. The second-order valence-corrected chi connectivity index (χ2v) is 8.60. The van der Waals surface area contributed by atoms with Gasteiger partial charge in [0.2, 0.25) is 0 Å². The highest BCUT2D eigenvalue weighted by Gasteiger charge is 2.34. The van der Waals surface area contributed by atoms with Crippen LogP contribution in [0.3, 0.4) is 0 Å². The molecule has 1 aliphatic carbocycles. The van der Waals surface area contributed by atoms with E-state index in [2.05, 4.69) is 20.3 Å². The van der Waals surface area contributed by atoms with E-state index in [1.165, 1.54) is 10.5 Å². The maximum atomic E-state index is 13.3. The van der Waals surface area contributed by atoms with Crippen molar-refractivity contribution in [1.29, 1.82) is 0 Å². The van der Waals surface area contributed by atoms with Gasteiger partial charge < -0.3 is 15.2 Å².